The highest BCUT2D eigenvalue weighted by Gasteiger charge is 2.08. The quantitative estimate of drug-likeness (QED) is 0.764. The Kier molecular flexibility index (Phi) is 3.65. The van der Waals surface area contributed by atoms with Gasteiger partial charge in [0.1, 0.15) is 0 Å². The highest BCUT2D eigenvalue weighted by Crippen LogP contribution is 2.28. The van der Waals surface area contributed by atoms with Gasteiger partial charge in [0.2, 0.25) is 0 Å². The van der Waals surface area contributed by atoms with Gasteiger partial charge in [-0.1, -0.05) is 30.3 Å². The Morgan fingerprint density at radius 3 is 2.29 bits per heavy atom. The van der Waals surface area contributed by atoms with E-state index >= 15 is 0 Å². The number of anilines is 2. The van der Waals surface area contributed by atoms with Crippen LogP contribution in [0.25, 0.3) is 11.4 Å². The van der Waals surface area contributed by atoms with Crippen molar-refractivity contribution in [2.24, 2.45) is 0 Å². The maximum absolute atomic E-state index is 4.52. The highest BCUT2D eigenvalue weighted by atomic mass is 14.9. The summed E-state index contributed by atoms with van der Waals surface area (Å²) in [6.45, 7) is 4.07. The molecule has 0 unspecified atom stereocenters. The van der Waals surface area contributed by atoms with E-state index in [1.807, 2.05) is 49.4 Å². The monoisotopic (exact) mass is 275 g/mol. The van der Waals surface area contributed by atoms with Crippen LogP contribution in [0.1, 0.15) is 11.3 Å². The molecule has 0 bridgehead atoms. The molecule has 104 valence electrons. The minimum Gasteiger partial charge on any atom is -0.355 e. The molecule has 0 spiro atoms. The zero-order valence-corrected chi connectivity index (χ0v) is 12.2. The molecule has 0 aliphatic carbocycles. The Bertz CT molecular complexity index is 766. The van der Waals surface area contributed by atoms with E-state index in [1.54, 1.807) is 6.20 Å². The molecule has 0 radical (unpaired) electrons. The van der Waals surface area contributed by atoms with Gasteiger partial charge in [0, 0.05) is 28.8 Å². The summed E-state index contributed by atoms with van der Waals surface area (Å²) < 4.78 is 0. The van der Waals surface area contributed by atoms with Gasteiger partial charge < -0.3 is 5.32 Å². The van der Waals surface area contributed by atoms with Crippen molar-refractivity contribution in [3.63, 3.8) is 0 Å². The molecule has 2 aromatic carbocycles. The summed E-state index contributed by atoms with van der Waals surface area (Å²) in [5.41, 5.74) is 5.28. The first-order chi connectivity index (χ1) is 10.2. The van der Waals surface area contributed by atoms with Crippen molar-refractivity contribution in [2.45, 2.75) is 13.8 Å². The smallest absolute Gasteiger partial charge is 0.161 e. The van der Waals surface area contributed by atoms with Crippen LogP contribution in [0, 0.1) is 13.8 Å². The first kappa shape index (κ1) is 13.3. The summed E-state index contributed by atoms with van der Waals surface area (Å²) in [7, 11) is 0. The summed E-state index contributed by atoms with van der Waals surface area (Å²) >= 11 is 0. The molecule has 0 saturated carbocycles. The first-order valence-electron chi connectivity index (χ1n) is 6.96. The zero-order valence-electron chi connectivity index (χ0n) is 12.2. The van der Waals surface area contributed by atoms with Gasteiger partial charge in [-0.2, -0.15) is 0 Å². The molecule has 0 aliphatic rings. The van der Waals surface area contributed by atoms with Crippen molar-refractivity contribution in [2.75, 3.05) is 5.32 Å². The molecule has 0 saturated heterocycles. The molecule has 1 heterocycles. The lowest BCUT2D eigenvalue weighted by Gasteiger charge is -2.13. The van der Waals surface area contributed by atoms with Crippen LogP contribution in [0.5, 0.6) is 0 Å². The normalized spacial score (nSPS) is 10.4. The molecule has 3 aromatic rings. The summed E-state index contributed by atoms with van der Waals surface area (Å²) in [4.78, 5) is 8.90. The number of rotatable bonds is 3. The highest BCUT2D eigenvalue weighted by molar-refractivity contribution is 5.78. The second kappa shape index (κ2) is 5.75. The van der Waals surface area contributed by atoms with Crippen LogP contribution in [0.3, 0.4) is 0 Å². The van der Waals surface area contributed by atoms with Gasteiger partial charge in [0.05, 0.1) is 0 Å². The Balaban J connectivity index is 2.03. The molecular formula is C18H17N3. The largest absolute Gasteiger partial charge is 0.355 e. The van der Waals surface area contributed by atoms with Gasteiger partial charge in [0.15, 0.2) is 5.82 Å². The lowest BCUT2D eigenvalue weighted by atomic mass is 10.1. The van der Waals surface area contributed by atoms with E-state index in [0.717, 1.165) is 28.5 Å². The topological polar surface area (TPSA) is 37.8 Å². The third-order valence-corrected chi connectivity index (χ3v) is 3.38. The maximum atomic E-state index is 4.52. The maximum Gasteiger partial charge on any atom is 0.161 e. The van der Waals surface area contributed by atoms with Gasteiger partial charge in [-0.25, -0.2) is 9.97 Å². The Morgan fingerprint density at radius 1 is 0.810 bits per heavy atom. The van der Waals surface area contributed by atoms with Crippen molar-refractivity contribution in [1.82, 2.24) is 9.97 Å². The third kappa shape index (κ3) is 2.92. The van der Waals surface area contributed by atoms with Gasteiger partial charge >= 0.3 is 0 Å². The lowest BCUT2D eigenvalue weighted by molar-refractivity contribution is 1.11. The van der Waals surface area contributed by atoms with Crippen molar-refractivity contribution in [3.05, 3.63) is 72.1 Å². The van der Waals surface area contributed by atoms with Gasteiger partial charge in [0.25, 0.3) is 0 Å². The molecular weight excluding hydrogens is 258 g/mol. The molecule has 3 nitrogen and oxygen atoms in total. The van der Waals surface area contributed by atoms with Crippen molar-refractivity contribution in [3.8, 4) is 11.4 Å². The number of hydrogen-bond donors (Lipinski definition) is 1. The lowest BCUT2D eigenvalue weighted by Crippen LogP contribution is -1.98. The Labute approximate surface area is 124 Å². The number of para-hydroxylation sites is 2. The molecule has 0 aliphatic heterocycles. The number of aromatic nitrogens is 2. The molecule has 3 heteroatoms. The fraction of sp³-hybridized carbons (Fsp3) is 0.111. The Morgan fingerprint density at radius 2 is 1.52 bits per heavy atom. The van der Waals surface area contributed by atoms with Crippen LogP contribution >= 0.6 is 0 Å². The number of hydrogen-bond acceptors (Lipinski definition) is 3. The fourth-order valence-electron chi connectivity index (χ4n) is 2.22. The van der Waals surface area contributed by atoms with E-state index < -0.39 is 0 Å². The Hall–Kier alpha value is -2.68. The molecule has 3 rings (SSSR count). The first-order valence-corrected chi connectivity index (χ1v) is 6.96. The minimum atomic E-state index is 0.742. The van der Waals surface area contributed by atoms with Crippen LogP contribution in [-0.4, -0.2) is 9.97 Å². The molecule has 0 amide bonds. The van der Waals surface area contributed by atoms with E-state index in [4.69, 9.17) is 0 Å². The van der Waals surface area contributed by atoms with Gasteiger partial charge in [-0.05, 0) is 43.7 Å². The number of benzene rings is 2. The van der Waals surface area contributed by atoms with Crippen molar-refractivity contribution >= 4 is 11.4 Å². The second-order valence-corrected chi connectivity index (χ2v) is 5.01. The summed E-state index contributed by atoms with van der Waals surface area (Å²) in [5.74, 6) is 0.742. The molecule has 1 aromatic heterocycles. The fourth-order valence-corrected chi connectivity index (χ4v) is 2.22. The summed E-state index contributed by atoms with van der Waals surface area (Å²) in [6.07, 6.45) is 1.79. The average molecular weight is 275 g/mol. The van der Waals surface area contributed by atoms with Gasteiger partial charge in [-0.15, -0.1) is 0 Å². The van der Waals surface area contributed by atoms with E-state index in [2.05, 4.69) is 34.3 Å². The predicted octanol–water partition coefficient (Wildman–Crippen LogP) is 4.50. The van der Waals surface area contributed by atoms with Gasteiger partial charge in [-0.3, -0.25) is 0 Å². The molecule has 0 atom stereocenters. The van der Waals surface area contributed by atoms with E-state index in [0.29, 0.717) is 0 Å². The summed E-state index contributed by atoms with van der Waals surface area (Å²) in [5, 5.41) is 3.48. The molecule has 0 fully saturated rings. The average Bonchev–Trinajstić information content (AvgIpc) is 2.50. The van der Waals surface area contributed by atoms with E-state index in [9.17, 15) is 0 Å². The standard InChI is InChI=1S/C18H17N3/c1-13-7-3-5-9-16(13)21-17-10-6-4-8-15(17)18-19-12-11-14(2)20-18/h3-12,21H,1-2H3. The van der Waals surface area contributed by atoms with Crippen LogP contribution < -0.4 is 5.32 Å². The van der Waals surface area contributed by atoms with Crippen LogP contribution in [0.4, 0.5) is 11.4 Å². The van der Waals surface area contributed by atoms with Crippen molar-refractivity contribution < 1.29 is 0 Å². The number of nitrogens with one attached hydrogen (secondary N) is 1. The third-order valence-electron chi connectivity index (χ3n) is 3.38. The van der Waals surface area contributed by atoms with E-state index in [-0.39, 0.29) is 0 Å². The molecule has 21 heavy (non-hydrogen) atoms. The minimum absolute atomic E-state index is 0.742. The van der Waals surface area contributed by atoms with E-state index in [1.165, 1.54) is 5.56 Å². The number of aryl methyl sites for hydroxylation is 2. The van der Waals surface area contributed by atoms with Crippen LogP contribution in [0.2, 0.25) is 0 Å². The molecule has 1 N–H and O–H groups in total. The predicted molar refractivity (Wildman–Crippen MR) is 86.7 cm³/mol. The summed E-state index contributed by atoms with van der Waals surface area (Å²) in [6, 6.07) is 18.2. The zero-order chi connectivity index (χ0) is 14.7. The number of nitrogens with zero attached hydrogens (tertiary/aromatic N) is 2. The van der Waals surface area contributed by atoms with Crippen LogP contribution in [-0.2, 0) is 0 Å². The van der Waals surface area contributed by atoms with Crippen LogP contribution in [0.15, 0.2) is 60.8 Å². The van der Waals surface area contributed by atoms with Crippen molar-refractivity contribution in [1.29, 1.82) is 0 Å². The SMILES string of the molecule is Cc1ccnc(-c2ccccc2Nc2ccccc2C)n1. The second-order valence-electron chi connectivity index (χ2n) is 5.01.